The molecule has 110 valence electrons. The van der Waals surface area contributed by atoms with Gasteiger partial charge in [-0.15, -0.1) is 5.73 Å². The van der Waals surface area contributed by atoms with Crippen LogP contribution in [0.5, 0.6) is 0 Å². The van der Waals surface area contributed by atoms with E-state index in [0.717, 1.165) is 12.3 Å². The fourth-order valence-corrected chi connectivity index (χ4v) is 1.64. The zero-order valence-electron chi connectivity index (χ0n) is 10.9. The van der Waals surface area contributed by atoms with Gasteiger partial charge >= 0.3 is 5.69 Å². The minimum Gasteiger partial charge on any atom is -0.393 e. The summed E-state index contributed by atoms with van der Waals surface area (Å²) in [5.41, 5.74) is 4.86. The van der Waals surface area contributed by atoms with Crippen LogP contribution in [0.15, 0.2) is 35.4 Å². The van der Waals surface area contributed by atoms with Crippen LogP contribution in [0.4, 0.5) is 10.2 Å². The molecule has 0 aliphatic heterocycles. The van der Waals surface area contributed by atoms with Crippen molar-refractivity contribution in [2.45, 2.75) is 18.0 Å². The van der Waals surface area contributed by atoms with E-state index in [-0.39, 0.29) is 5.82 Å². The van der Waals surface area contributed by atoms with Crippen molar-refractivity contribution in [2.75, 3.05) is 19.5 Å². The van der Waals surface area contributed by atoms with Gasteiger partial charge in [0, 0.05) is 13.3 Å². The summed E-state index contributed by atoms with van der Waals surface area (Å²) in [6, 6.07) is 1.21. The monoisotopic (exact) mass is 285 g/mol. The Hall–Kier alpha value is -1.99. The summed E-state index contributed by atoms with van der Waals surface area (Å²) >= 11 is 0. The first-order valence-electron chi connectivity index (χ1n) is 5.61. The van der Waals surface area contributed by atoms with E-state index < -0.39 is 30.3 Å². The fourth-order valence-electron chi connectivity index (χ4n) is 1.64. The first kappa shape index (κ1) is 16.1. The number of aromatic nitrogens is 2. The number of rotatable bonds is 6. The molecule has 0 saturated carbocycles. The van der Waals surface area contributed by atoms with Crippen molar-refractivity contribution in [3.05, 3.63) is 41.1 Å². The number of methoxy groups -OCH3 is 1. The summed E-state index contributed by atoms with van der Waals surface area (Å²) in [4.78, 5) is 14.9. The van der Waals surface area contributed by atoms with E-state index in [1.54, 1.807) is 0 Å². The quantitative estimate of drug-likeness (QED) is 0.600. The lowest BCUT2D eigenvalue weighted by molar-refractivity contribution is -0.136. The number of ether oxygens (including phenoxy) is 1. The first-order chi connectivity index (χ1) is 9.41. The van der Waals surface area contributed by atoms with E-state index >= 15 is 0 Å². The lowest BCUT2D eigenvalue weighted by Crippen LogP contribution is -2.50. The molecule has 8 heteroatoms. The van der Waals surface area contributed by atoms with Gasteiger partial charge in [-0.1, -0.05) is 6.58 Å². The van der Waals surface area contributed by atoms with Crippen molar-refractivity contribution in [2.24, 2.45) is 0 Å². The molecule has 0 aliphatic rings. The number of anilines is 1. The highest BCUT2D eigenvalue weighted by atomic mass is 19.1. The average molecular weight is 285 g/mol. The van der Waals surface area contributed by atoms with Crippen LogP contribution in [0.3, 0.4) is 0 Å². The standard InChI is InChI=1S/C12H16FN3O4/c1-3-5-12(7-17,20-2)9(18)10(13)16-6-4-8(14)15-11(16)19/h4-6,9-10,17-18H,1,7H2,2H3,(H2,14,15,19)/t9-,10-,12+/m0/s1. The molecular formula is C12H16FN3O4. The van der Waals surface area contributed by atoms with Crippen molar-refractivity contribution < 1.29 is 19.3 Å². The Labute approximate surface area is 114 Å². The van der Waals surface area contributed by atoms with Crippen LogP contribution in [-0.2, 0) is 4.74 Å². The number of halogens is 1. The minimum atomic E-state index is -2.20. The maximum Gasteiger partial charge on any atom is 0.351 e. The summed E-state index contributed by atoms with van der Waals surface area (Å²) in [5, 5.41) is 19.3. The highest BCUT2D eigenvalue weighted by Gasteiger charge is 2.42. The van der Waals surface area contributed by atoms with Gasteiger partial charge in [0.2, 0.25) is 6.30 Å². The van der Waals surface area contributed by atoms with Gasteiger partial charge in [0.25, 0.3) is 0 Å². The molecule has 4 N–H and O–H groups in total. The van der Waals surface area contributed by atoms with Crippen LogP contribution in [0.25, 0.3) is 0 Å². The SMILES string of the molecule is C=C=C[C@](CO)(OC)[C@@H](O)[C@@H](F)n1ccc(N)nc1=O. The molecule has 1 aromatic heterocycles. The lowest BCUT2D eigenvalue weighted by Gasteiger charge is -2.33. The predicted molar refractivity (Wildman–Crippen MR) is 69.6 cm³/mol. The van der Waals surface area contributed by atoms with Gasteiger partial charge in [-0.3, -0.25) is 4.57 Å². The van der Waals surface area contributed by atoms with Gasteiger partial charge in [-0.05, 0) is 12.1 Å². The normalized spacial score (nSPS) is 16.8. The van der Waals surface area contributed by atoms with Crippen molar-refractivity contribution in [3.63, 3.8) is 0 Å². The third-order valence-electron chi connectivity index (χ3n) is 2.85. The number of nitrogens with two attached hydrogens (primary N) is 1. The average Bonchev–Trinajstić information content (AvgIpc) is 2.43. The molecule has 0 spiro atoms. The molecule has 0 aliphatic carbocycles. The molecule has 0 saturated heterocycles. The van der Waals surface area contributed by atoms with Crippen LogP contribution in [-0.4, -0.2) is 45.2 Å². The number of hydrogen-bond acceptors (Lipinski definition) is 6. The molecule has 0 fully saturated rings. The van der Waals surface area contributed by atoms with Gasteiger partial charge in [0.15, 0.2) is 0 Å². The van der Waals surface area contributed by atoms with Crippen molar-refractivity contribution >= 4 is 5.82 Å². The summed E-state index contributed by atoms with van der Waals surface area (Å²) in [5.74, 6) is -0.0703. The maximum atomic E-state index is 14.3. The van der Waals surface area contributed by atoms with Crippen molar-refractivity contribution in [1.29, 1.82) is 0 Å². The molecule has 20 heavy (non-hydrogen) atoms. The molecular weight excluding hydrogens is 269 g/mol. The molecule has 0 bridgehead atoms. The zero-order chi connectivity index (χ0) is 15.3. The van der Waals surface area contributed by atoms with Gasteiger partial charge in [0.05, 0.1) is 6.61 Å². The smallest absolute Gasteiger partial charge is 0.351 e. The minimum absolute atomic E-state index is 0.0703. The third kappa shape index (κ3) is 2.94. The molecule has 0 unspecified atom stereocenters. The van der Waals surface area contributed by atoms with Crippen LogP contribution in [0.2, 0.25) is 0 Å². The van der Waals surface area contributed by atoms with Crippen LogP contribution < -0.4 is 11.4 Å². The van der Waals surface area contributed by atoms with Gasteiger partial charge in [-0.25, -0.2) is 9.18 Å². The van der Waals surface area contributed by atoms with Crippen LogP contribution >= 0.6 is 0 Å². The second kappa shape index (κ2) is 6.44. The lowest BCUT2D eigenvalue weighted by atomic mass is 9.96. The molecule has 0 radical (unpaired) electrons. The second-order valence-electron chi connectivity index (χ2n) is 4.03. The first-order valence-corrected chi connectivity index (χ1v) is 5.61. The summed E-state index contributed by atoms with van der Waals surface area (Å²) in [7, 11) is 1.17. The summed E-state index contributed by atoms with van der Waals surface area (Å²) in [6.07, 6.45) is -1.95. The van der Waals surface area contributed by atoms with Crippen LogP contribution in [0, 0.1) is 0 Å². The number of alkyl halides is 1. The van der Waals surface area contributed by atoms with E-state index in [2.05, 4.69) is 17.3 Å². The number of aliphatic hydroxyl groups is 2. The Morgan fingerprint density at radius 2 is 2.45 bits per heavy atom. The van der Waals surface area contributed by atoms with Crippen LogP contribution in [0.1, 0.15) is 6.30 Å². The topological polar surface area (TPSA) is 111 Å². The molecule has 3 atom stereocenters. The Bertz CT molecular complexity index is 564. The molecule has 0 amide bonds. The number of nitrogens with zero attached hydrogens (tertiary/aromatic N) is 2. The van der Waals surface area contributed by atoms with Crippen molar-refractivity contribution in [3.8, 4) is 0 Å². The fraction of sp³-hybridized carbons (Fsp3) is 0.417. The number of aliphatic hydroxyl groups excluding tert-OH is 2. The number of hydrogen-bond donors (Lipinski definition) is 3. The summed E-state index contributed by atoms with van der Waals surface area (Å²) < 4.78 is 19.8. The van der Waals surface area contributed by atoms with E-state index in [1.165, 1.54) is 13.2 Å². The zero-order valence-corrected chi connectivity index (χ0v) is 10.9. The predicted octanol–water partition coefficient (Wildman–Crippen LogP) is -0.627. The third-order valence-corrected chi connectivity index (χ3v) is 2.85. The van der Waals surface area contributed by atoms with E-state index in [0.29, 0.717) is 4.57 Å². The van der Waals surface area contributed by atoms with Gasteiger partial charge in [-0.2, -0.15) is 4.98 Å². The molecule has 1 aromatic rings. The second-order valence-corrected chi connectivity index (χ2v) is 4.03. The summed E-state index contributed by atoms with van der Waals surface area (Å²) in [6.45, 7) is 2.55. The Balaban J connectivity index is 3.21. The van der Waals surface area contributed by atoms with Gasteiger partial charge in [0.1, 0.15) is 17.5 Å². The molecule has 1 rings (SSSR count). The maximum absolute atomic E-state index is 14.3. The largest absolute Gasteiger partial charge is 0.393 e. The molecule has 7 nitrogen and oxygen atoms in total. The highest BCUT2D eigenvalue weighted by molar-refractivity contribution is 5.23. The Kier molecular flexibility index (Phi) is 5.18. The van der Waals surface area contributed by atoms with E-state index in [9.17, 15) is 19.4 Å². The highest BCUT2D eigenvalue weighted by Crippen LogP contribution is 2.26. The molecule has 0 aromatic carbocycles. The van der Waals surface area contributed by atoms with E-state index in [1.807, 2.05) is 0 Å². The Morgan fingerprint density at radius 1 is 1.80 bits per heavy atom. The van der Waals surface area contributed by atoms with E-state index in [4.69, 9.17) is 10.5 Å². The van der Waals surface area contributed by atoms with Gasteiger partial charge < -0.3 is 20.7 Å². The molecule has 1 heterocycles. The number of nitrogen functional groups attached to an aromatic ring is 1. The van der Waals surface area contributed by atoms with Crippen molar-refractivity contribution in [1.82, 2.24) is 9.55 Å². The Morgan fingerprint density at radius 3 is 2.90 bits per heavy atom.